The lowest BCUT2D eigenvalue weighted by Crippen LogP contribution is -2.33. The maximum absolute atomic E-state index is 12.3. The van der Waals surface area contributed by atoms with Gasteiger partial charge in [-0.2, -0.15) is 0 Å². The van der Waals surface area contributed by atoms with E-state index in [4.69, 9.17) is 5.73 Å². The number of nitrogens with one attached hydrogen (secondary N) is 1. The van der Waals surface area contributed by atoms with E-state index in [0.717, 1.165) is 0 Å². The first-order valence-electron chi connectivity index (χ1n) is 6.64. The predicted octanol–water partition coefficient (Wildman–Crippen LogP) is 1.09. The van der Waals surface area contributed by atoms with Gasteiger partial charge in [0.25, 0.3) is 0 Å². The summed E-state index contributed by atoms with van der Waals surface area (Å²) in [4.78, 5) is 39.3. The third-order valence-electron chi connectivity index (χ3n) is 3.09. The minimum atomic E-state index is -0.624. The van der Waals surface area contributed by atoms with Crippen LogP contribution in [-0.2, 0) is 9.59 Å². The molecule has 7 heteroatoms. The number of nitrogens with two attached hydrogens (primary N) is 1. The zero-order chi connectivity index (χ0) is 16.1. The molecule has 0 aliphatic carbocycles. The molecule has 3 N–H and O–H groups in total. The van der Waals surface area contributed by atoms with Gasteiger partial charge < -0.3 is 11.1 Å². The maximum atomic E-state index is 12.3. The maximum Gasteiger partial charge on any atom is 0.236 e. The molecule has 2 amide bonds. The average molecular weight is 317 g/mol. The molecule has 0 unspecified atom stereocenters. The number of amides is 2. The van der Waals surface area contributed by atoms with E-state index >= 15 is 0 Å². The van der Waals surface area contributed by atoms with Gasteiger partial charge in [0.05, 0.1) is 12.1 Å². The van der Waals surface area contributed by atoms with Crippen LogP contribution in [0.2, 0.25) is 0 Å². The molecule has 114 valence electrons. The van der Waals surface area contributed by atoms with Gasteiger partial charge in [0.15, 0.2) is 5.78 Å². The molecule has 0 atom stereocenters. The lowest BCUT2D eigenvalue weighted by molar-refractivity contribution is -0.124. The van der Waals surface area contributed by atoms with Gasteiger partial charge in [0.1, 0.15) is 0 Å². The quantitative estimate of drug-likeness (QED) is 0.548. The summed E-state index contributed by atoms with van der Waals surface area (Å²) in [7, 11) is 0. The van der Waals surface area contributed by atoms with E-state index in [1.165, 1.54) is 0 Å². The predicted molar refractivity (Wildman–Crippen MR) is 84.8 cm³/mol. The molecular weight excluding hydrogens is 302 g/mol. The number of aromatic nitrogens is 1. The van der Waals surface area contributed by atoms with Crippen molar-refractivity contribution in [2.24, 2.45) is 5.73 Å². The first kappa shape index (κ1) is 16.0. The molecule has 2 rings (SSSR count). The van der Waals surface area contributed by atoms with Crippen molar-refractivity contribution < 1.29 is 14.4 Å². The van der Waals surface area contributed by atoms with E-state index in [1.807, 2.05) is 0 Å². The van der Waals surface area contributed by atoms with Crippen LogP contribution in [0.25, 0.3) is 10.9 Å². The molecule has 6 nitrogen and oxygen atoms in total. The van der Waals surface area contributed by atoms with Gasteiger partial charge in [-0.15, -0.1) is 12.6 Å². The minimum absolute atomic E-state index is 0.00348. The first-order valence-corrected chi connectivity index (χ1v) is 7.08. The van der Waals surface area contributed by atoms with E-state index in [9.17, 15) is 14.4 Å². The summed E-state index contributed by atoms with van der Waals surface area (Å²) in [6, 6.07) is 6.92. The van der Waals surface area contributed by atoms with Crippen molar-refractivity contribution in [2.75, 3.05) is 6.54 Å². The van der Waals surface area contributed by atoms with Gasteiger partial charge in [-0.1, -0.05) is 6.07 Å². The van der Waals surface area contributed by atoms with Crippen molar-refractivity contribution in [3.63, 3.8) is 0 Å². The van der Waals surface area contributed by atoms with Crippen LogP contribution in [0.4, 0.5) is 0 Å². The summed E-state index contributed by atoms with van der Waals surface area (Å²) in [5.41, 5.74) is 6.08. The Kier molecular flexibility index (Phi) is 5.11. The zero-order valence-corrected chi connectivity index (χ0v) is 12.6. The lowest BCUT2D eigenvalue weighted by Gasteiger charge is -2.07. The van der Waals surface area contributed by atoms with E-state index in [2.05, 4.69) is 22.9 Å². The van der Waals surface area contributed by atoms with Crippen LogP contribution in [0.1, 0.15) is 23.2 Å². The van der Waals surface area contributed by atoms with Crippen LogP contribution in [0.15, 0.2) is 35.4 Å². The Labute approximate surface area is 132 Å². The van der Waals surface area contributed by atoms with Crippen LogP contribution >= 0.6 is 12.6 Å². The van der Waals surface area contributed by atoms with Crippen LogP contribution < -0.4 is 11.1 Å². The number of fused-ring (bicyclic) bond motifs is 1. The van der Waals surface area contributed by atoms with Gasteiger partial charge in [0, 0.05) is 34.9 Å². The average Bonchev–Trinajstić information content (AvgIpc) is 2.51. The van der Waals surface area contributed by atoms with E-state index < -0.39 is 5.91 Å². The Morgan fingerprint density at radius 1 is 1.18 bits per heavy atom. The molecule has 0 fully saturated rings. The second-order valence-electron chi connectivity index (χ2n) is 4.70. The number of carbonyl (C=O) groups excluding carboxylic acids is 3. The van der Waals surface area contributed by atoms with E-state index in [0.29, 0.717) is 21.4 Å². The van der Waals surface area contributed by atoms with Crippen LogP contribution in [0.5, 0.6) is 0 Å². The summed E-state index contributed by atoms with van der Waals surface area (Å²) in [6.07, 6.45) is 1.67. The molecule has 0 bridgehead atoms. The molecule has 0 aliphatic heterocycles. The largest absolute Gasteiger partial charge is 0.368 e. The Morgan fingerprint density at radius 3 is 2.68 bits per heavy atom. The van der Waals surface area contributed by atoms with Crippen LogP contribution in [0, 0.1) is 0 Å². The Bertz CT molecular complexity index is 746. The Morgan fingerprint density at radius 2 is 1.95 bits per heavy atom. The van der Waals surface area contributed by atoms with Crippen molar-refractivity contribution >= 4 is 41.1 Å². The number of Topliss-reactive ketones (excluding diaryl/α,β-unsaturated/α-hetero) is 1. The lowest BCUT2D eigenvalue weighted by atomic mass is 10.0. The third-order valence-corrected chi connectivity index (χ3v) is 3.45. The number of benzene rings is 1. The molecular formula is C15H15N3O3S. The number of nitrogens with zero attached hydrogens (tertiary/aromatic N) is 1. The highest BCUT2D eigenvalue weighted by atomic mass is 32.1. The molecule has 1 aromatic heterocycles. The highest BCUT2D eigenvalue weighted by molar-refractivity contribution is 7.80. The Balaban J connectivity index is 2.09. The number of rotatable bonds is 6. The number of ketones is 1. The monoisotopic (exact) mass is 317 g/mol. The molecule has 22 heavy (non-hydrogen) atoms. The molecule has 0 aliphatic rings. The standard InChI is InChI=1S/C15H15N3O3S/c16-13(20)8-18-14(21)6-4-11(19)9-3-5-12(22)15-10(9)2-1-7-17-15/h1-3,5,7,22H,4,6,8H2,(H2,16,20)(H,18,21). The van der Waals surface area contributed by atoms with Crippen LogP contribution in [0.3, 0.4) is 0 Å². The van der Waals surface area contributed by atoms with Crippen molar-refractivity contribution in [1.29, 1.82) is 0 Å². The van der Waals surface area contributed by atoms with Gasteiger partial charge in [-0.05, 0) is 18.2 Å². The number of pyridine rings is 1. The SMILES string of the molecule is NC(=O)CNC(=O)CCC(=O)c1ccc(S)c2ncccc12. The van der Waals surface area contributed by atoms with Gasteiger partial charge >= 0.3 is 0 Å². The number of thiol groups is 1. The minimum Gasteiger partial charge on any atom is -0.368 e. The summed E-state index contributed by atoms with van der Waals surface area (Å²) in [6.45, 7) is -0.228. The molecule has 1 aromatic carbocycles. The second kappa shape index (κ2) is 7.04. The molecule has 0 spiro atoms. The summed E-state index contributed by atoms with van der Waals surface area (Å²) < 4.78 is 0. The van der Waals surface area contributed by atoms with Crippen molar-refractivity contribution in [3.8, 4) is 0 Å². The molecule has 1 heterocycles. The van der Waals surface area contributed by atoms with Crippen molar-refractivity contribution in [3.05, 3.63) is 36.0 Å². The third kappa shape index (κ3) is 3.82. The van der Waals surface area contributed by atoms with Gasteiger partial charge in [-0.25, -0.2) is 0 Å². The van der Waals surface area contributed by atoms with Crippen molar-refractivity contribution in [1.82, 2.24) is 10.3 Å². The zero-order valence-electron chi connectivity index (χ0n) is 11.7. The fourth-order valence-electron chi connectivity index (χ4n) is 2.04. The van der Waals surface area contributed by atoms with E-state index in [-0.39, 0.29) is 31.1 Å². The fraction of sp³-hybridized carbons (Fsp3) is 0.200. The second-order valence-corrected chi connectivity index (χ2v) is 5.18. The topological polar surface area (TPSA) is 102 Å². The highest BCUT2D eigenvalue weighted by Crippen LogP contribution is 2.24. The number of hydrogen-bond acceptors (Lipinski definition) is 5. The smallest absolute Gasteiger partial charge is 0.236 e. The number of carbonyl (C=O) groups is 3. The normalized spacial score (nSPS) is 10.4. The highest BCUT2D eigenvalue weighted by Gasteiger charge is 2.14. The van der Waals surface area contributed by atoms with Gasteiger partial charge in [0.2, 0.25) is 11.8 Å². The van der Waals surface area contributed by atoms with Crippen LogP contribution in [-0.4, -0.2) is 29.1 Å². The summed E-state index contributed by atoms with van der Waals surface area (Å²) >= 11 is 4.32. The molecule has 0 radical (unpaired) electrons. The number of hydrogen-bond donors (Lipinski definition) is 3. The molecule has 0 saturated carbocycles. The van der Waals surface area contributed by atoms with E-state index in [1.54, 1.807) is 30.5 Å². The molecule has 2 aromatic rings. The Hall–Kier alpha value is -2.41. The van der Waals surface area contributed by atoms with Crippen molar-refractivity contribution in [2.45, 2.75) is 17.7 Å². The molecule has 0 saturated heterocycles. The first-order chi connectivity index (χ1) is 10.5. The summed E-state index contributed by atoms with van der Waals surface area (Å²) in [5.74, 6) is -1.18. The van der Waals surface area contributed by atoms with Gasteiger partial charge in [-0.3, -0.25) is 19.4 Å². The fourth-order valence-corrected chi connectivity index (χ4v) is 2.29. The number of primary amides is 1. The summed E-state index contributed by atoms with van der Waals surface area (Å²) in [5, 5.41) is 3.05.